The lowest BCUT2D eigenvalue weighted by Gasteiger charge is -2.08. The van der Waals surface area contributed by atoms with E-state index in [4.69, 9.17) is 44.9 Å². The summed E-state index contributed by atoms with van der Waals surface area (Å²) < 4.78 is 9.05. The van der Waals surface area contributed by atoms with Crippen LogP contribution in [0.4, 0.5) is 0 Å². The molecule has 0 N–H and O–H groups in total. The Bertz CT molecular complexity index is 9460. The fourth-order valence-electron chi connectivity index (χ4n) is 25.5. The molecule has 16 nitrogen and oxygen atoms in total. The highest BCUT2D eigenvalue weighted by Crippen LogP contribution is 2.53. The Kier molecular flexibility index (Phi) is 14.9. The van der Waals surface area contributed by atoms with Crippen LogP contribution in [0.3, 0.4) is 0 Å². The number of hydrogen-bond acceptors (Lipinski definition) is 12. The molecule has 28 aromatic rings. The van der Waals surface area contributed by atoms with E-state index in [0.717, 1.165) is 206 Å². The van der Waals surface area contributed by atoms with Crippen LogP contribution in [-0.4, -0.2) is 77.4 Å². The van der Waals surface area contributed by atoms with Crippen molar-refractivity contribution in [1.29, 1.82) is 0 Å². The van der Waals surface area contributed by atoms with Gasteiger partial charge >= 0.3 is 0 Å². The smallest absolute Gasteiger partial charge is 0.165 e. The van der Waals surface area contributed by atoms with Crippen molar-refractivity contribution in [2.45, 2.75) is 51.4 Å². The first-order chi connectivity index (χ1) is 69.3. The Labute approximate surface area is 796 Å². The van der Waals surface area contributed by atoms with Gasteiger partial charge in [-0.1, -0.05) is 121 Å². The number of benzene rings is 12. The zero-order valence-electron chi connectivity index (χ0n) is 75.1. The molecule has 0 fully saturated rings. The summed E-state index contributed by atoms with van der Waals surface area (Å²) in [5, 5.41) is 6.31. The Morgan fingerprint density at radius 3 is 0.836 bits per heavy atom. The molecule has 648 valence electrons. The van der Waals surface area contributed by atoms with Crippen molar-refractivity contribution >= 4 is 154 Å². The van der Waals surface area contributed by atoms with Gasteiger partial charge in [-0.15, -0.1) is 0 Å². The molecule has 0 unspecified atom stereocenters. The van der Waals surface area contributed by atoms with Crippen LogP contribution in [-0.2, 0) is 51.4 Å². The van der Waals surface area contributed by atoms with Crippen molar-refractivity contribution in [3.8, 4) is 89.0 Å². The minimum absolute atomic E-state index is 0.892. The maximum atomic E-state index is 5.16. The molecular formula is C124H72N16. The number of rotatable bonds is 0. The first-order valence-electron chi connectivity index (χ1n) is 48.2. The molecule has 8 aliphatic rings. The molecule has 140 heavy (non-hydrogen) atoms. The van der Waals surface area contributed by atoms with Gasteiger partial charge in [0.05, 0.1) is 82.8 Å². The molecule has 0 saturated carbocycles. The first-order valence-corrected chi connectivity index (χ1v) is 48.2. The summed E-state index contributed by atoms with van der Waals surface area (Å²) in [5.41, 5.74) is 66.6. The molecule has 0 radical (unpaired) electrons. The Hall–Kier alpha value is -18.3. The Balaban J connectivity index is 0.0000000829. The molecule has 0 saturated heterocycles. The quantitative estimate of drug-likeness (QED) is 0.132. The van der Waals surface area contributed by atoms with Gasteiger partial charge in [0.25, 0.3) is 0 Å². The summed E-state index contributed by atoms with van der Waals surface area (Å²) in [6, 6.07) is 102. The number of pyridine rings is 12. The molecule has 0 atom stereocenters. The van der Waals surface area contributed by atoms with Gasteiger partial charge in [0.2, 0.25) is 0 Å². The monoisotopic (exact) mass is 1780 g/mol. The number of hydrogen-bond donors (Lipinski definition) is 0. The van der Waals surface area contributed by atoms with Gasteiger partial charge in [0.15, 0.2) is 5.65 Å². The number of nitrogens with zero attached hydrogens (tertiary/aromatic N) is 16. The summed E-state index contributed by atoms with van der Waals surface area (Å²) in [4.78, 5) is 57.6. The van der Waals surface area contributed by atoms with E-state index in [0.29, 0.717) is 0 Å². The van der Waals surface area contributed by atoms with Crippen molar-refractivity contribution in [1.82, 2.24) is 77.4 Å². The van der Waals surface area contributed by atoms with Gasteiger partial charge in [-0.3, -0.25) is 57.5 Å². The first kappa shape index (κ1) is 75.1. The van der Waals surface area contributed by atoms with E-state index in [-0.39, 0.29) is 0 Å². The van der Waals surface area contributed by atoms with Crippen molar-refractivity contribution in [3.63, 3.8) is 0 Å². The number of fused-ring (bicyclic) bond motifs is 56. The standard InChI is InChI=1S/4C31H18N4/c1-2-6-21-17(5-1)11-18-12-19-13-20-14-28-26(16-25(20)24(19)15-23(18)21)34-31-22-7-3-9-32-29(22)30-27(35(28)31)8-4-10-33-30;1-2-6-21-17(5-1)11-18-12-19-13-20-14-28-26(16-25(20)24(19)15-23(18)21)34-31-30-22(7-3-9-33-30)29-27(35(28)31)8-4-10-32-29;1-2-5-21-17(4-1)10-18-11-19-12-20-13-29-27(15-25(20)24(19)14-23(18)21)34-31-22-7-9-32-16-26(22)30-28(35(29)31)6-3-8-33-30;1-2-5-21-17(4-1)10-18-11-19-12-20-13-29-27(15-25(20)24(19)14-23(18)21)34-31-26-16-32-9-7-22(26)30-28(35(29)31)6-3-8-33-30/h2*1-10,12,14-16H,11,13H2;2*1-9,11,13-16H,10,12H2. The van der Waals surface area contributed by atoms with Gasteiger partial charge in [-0.2, -0.15) is 0 Å². The molecular weight excluding hydrogens is 1710 g/mol. The van der Waals surface area contributed by atoms with Gasteiger partial charge < -0.3 is 0 Å². The lowest BCUT2D eigenvalue weighted by molar-refractivity contribution is 1.21. The fourth-order valence-corrected chi connectivity index (χ4v) is 25.5. The van der Waals surface area contributed by atoms with Crippen molar-refractivity contribution in [3.05, 3.63) is 430 Å². The molecule has 16 heteroatoms. The van der Waals surface area contributed by atoms with E-state index in [2.05, 4.69) is 269 Å². The van der Waals surface area contributed by atoms with Crippen LogP contribution in [0.25, 0.3) is 243 Å². The lowest BCUT2D eigenvalue weighted by atomic mass is 9.98. The Morgan fingerprint density at radius 2 is 0.429 bits per heavy atom. The summed E-state index contributed by atoms with van der Waals surface area (Å²) in [6.07, 6.45) is 26.5. The molecule has 0 spiro atoms. The van der Waals surface area contributed by atoms with Crippen LogP contribution < -0.4 is 0 Å². The fraction of sp³-hybridized carbons (Fsp3) is 0.0645. The highest BCUT2D eigenvalue weighted by atomic mass is 15.1. The predicted octanol–water partition coefficient (Wildman–Crippen LogP) is 26.9. The van der Waals surface area contributed by atoms with E-state index >= 15 is 0 Å². The normalized spacial score (nSPS) is 13.5. The third-order valence-corrected chi connectivity index (χ3v) is 31.6. The predicted molar refractivity (Wildman–Crippen MR) is 559 cm³/mol. The summed E-state index contributed by atoms with van der Waals surface area (Å²) in [7, 11) is 0. The van der Waals surface area contributed by atoms with E-state index in [9.17, 15) is 0 Å². The summed E-state index contributed by atoms with van der Waals surface area (Å²) >= 11 is 0. The maximum Gasteiger partial charge on any atom is 0.165 e. The molecule has 8 aliphatic carbocycles. The van der Waals surface area contributed by atoms with Gasteiger partial charge in [-0.05, 0) is 387 Å². The van der Waals surface area contributed by atoms with Gasteiger partial charge in [0, 0.05) is 94.3 Å². The largest absolute Gasteiger partial charge is 0.290 e. The average Bonchev–Trinajstić information content (AvgIpc) is 1.57. The molecule has 12 aromatic carbocycles. The van der Waals surface area contributed by atoms with E-state index < -0.39 is 0 Å². The second-order valence-electron chi connectivity index (χ2n) is 38.9. The minimum atomic E-state index is 0.892. The zero-order valence-corrected chi connectivity index (χ0v) is 75.1. The Morgan fingerprint density at radius 1 is 0.157 bits per heavy atom. The van der Waals surface area contributed by atoms with Crippen LogP contribution in [0.1, 0.15) is 89.0 Å². The van der Waals surface area contributed by atoms with Gasteiger partial charge in [0.1, 0.15) is 33.5 Å². The maximum absolute atomic E-state index is 5.16. The lowest BCUT2D eigenvalue weighted by Crippen LogP contribution is -1.94. The molecule has 36 rings (SSSR count). The second-order valence-corrected chi connectivity index (χ2v) is 38.9. The van der Waals surface area contributed by atoms with Crippen molar-refractivity contribution < 1.29 is 0 Å². The molecule has 0 aliphatic heterocycles. The zero-order chi connectivity index (χ0) is 90.7. The van der Waals surface area contributed by atoms with Crippen LogP contribution in [0.15, 0.2) is 341 Å². The third-order valence-electron chi connectivity index (χ3n) is 31.6. The van der Waals surface area contributed by atoms with Crippen molar-refractivity contribution in [2.75, 3.05) is 0 Å². The molecule has 0 amide bonds. The summed E-state index contributed by atoms with van der Waals surface area (Å²) in [6.45, 7) is 0. The number of imidazole rings is 4. The van der Waals surface area contributed by atoms with Crippen LogP contribution in [0.5, 0.6) is 0 Å². The van der Waals surface area contributed by atoms with Crippen LogP contribution in [0, 0.1) is 0 Å². The van der Waals surface area contributed by atoms with Crippen LogP contribution >= 0.6 is 0 Å². The highest BCUT2D eigenvalue weighted by molar-refractivity contribution is 6.17. The molecule has 0 bridgehead atoms. The highest BCUT2D eigenvalue weighted by Gasteiger charge is 2.34. The average molecular weight is 1790 g/mol. The molecule has 16 heterocycles. The minimum Gasteiger partial charge on any atom is -0.290 e. The SMILES string of the molecule is c1ccc2c(c1)Cc1cc3c(cc1-2)-c1cc2nc4c5cccnc5c5ncccc5n4c2cc1C3.c1ccc2c(c1)Cc1cc3c(cc1-2)-c1cc2nc4c5ccncc5c5ncccc5n4c2cc1C3.c1ccc2c(c1)Cc1cc3c(cc1-2)-c1cc2nc4c5cnccc5c5ncccc5n4c2cc1C3.c1ccc2c(c1)Cc1cc3c(cc1-2)-c1cc2nc4c5ncccc5c5ncccc5n4c2cc1C3. The van der Waals surface area contributed by atoms with Gasteiger partial charge in [-0.25, -0.2) is 19.9 Å². The molecule has 16 aromatic heterocycles. The van der Waals surface area contributed by atoms with Crippen LogP contribution in [0.2, 0.25) is 0 Å². The number of aromatic nitrogens is 16. The van der Waals surface area contributed by atoms with E-state index in [1.165, 1.54) is 178 Å². The summed E-state index contributed by atoms with van der Waals surface area (Å²) in [5.74, 6) is 0. The van der Waals surface area contributed by atoms with E-state index in [1.807, 2.05) is 104 Å². The second kappa shape index (κ2) is 27.7. The van der Waals surface area contributed by atoms with E-state index in [1.54, 1.807) is 0 Å². The third kappa shape index (κ3) is 10.5. The topological polar surface area (TPSA) is 172 Å². The van der Waals surface area contributed by atoms with Crippen molar-refractivity contribution in [2.24, 2.45) is 0 Å².